The topological polar surface area (TPSA) is 79.6 Å². The minimum atomic E-state index is -1.68. The number of anilines is 1. The van der Waals surface area contributed by atoms with Crippen molar-refractivity contribution in [1.82, 2.24) is 0 Å². The van der Waals surface area contributed by atoms with E-state index in [-0.39, 0.29) is 5.78 Å². The van der Waals surface area contributed by atoms with Gasteiger partial charge in [0, 0.05) is 22.2 Å². The van der Waals surface area contributed by atoms with E-state index in [1.807, 2.05) is 41.3 Å². The minimum absolute atomic E-state index is 0.219. The van der Waals surface area contributed by atoms with Gasteiger partial charge in [-0.15, -0.1) is 0 Å². The monoisotopic (exact) mass is 498 g/mol. The number of fused-ring (bicyclic) bond motifs is 3. The molecule has 1 fully saturated rings. The normalized spacial score (nSPS) is 23.8. The van der Waals surface area contributed by atoms with Crippen molar-refractivity contribution < 1.29 is 19.1 Å². The number of methoxy groups -OCH3 is 2. The number of nitrogens with zero attached hydrogens (tertiary/aromatic N) is 2. The van der Waals surface area contributed by atoms with Crippen LogP contribution >= 0.6 is 11.6 Å². The number of ketones is 1. The number of hydrogen-bond donors (Lipinski definition) is 0. The summed E-state index contributed by atoms with van der Waals surface area (Å²) in [5.41, 5.74) is 1.09. The molecule has 0 bridgehead atoms. The van der Waals surface area contributed by atoms with Gasteiger partial charge in [-0.1, -0.05) is 54.1 Å². The lowest BCUT2D eigenvalue weighted by atomic mass is 9.68. The van der Waals surface area contributed by atoms with E-state index < -0.39 is 29.4 Å². The average molecular weight is 499 g/mol. The summed E-state index contributed by atoms with van der Waals surface area (Å²) in [6.45, 7) is 0. The summed E-state index contributed by atoms with van der Waals surface area (Å²) in [6, 6.07) is 22.1. The Hall–Kier alpha value is -4.08. The molecule has 0 radical (unpaired) electrons. The summed E-state index contributed by atoms with van der Waals surface area (Å²) in [6.07, 6.45) is 3.72. The number of benzene rings is 3. The van der Waals surface area contributed by atoms with E-state index in [9.17, 15) is 14.9 Å². The third-order valence-corrected chi connectivity index (χ3v) is 7.38. The van der Waals surface area contributed by atoms with Gasteiger partial charge < -0.3 is 14.4 Å². The van der Waals surface area contributed by atoms with Crippen LogP contribution in [0.15, 0.2) is 78.9 Å². The highest BCUT2D eigenvalue weighted by Crippen LogP contribution is 2.56. The maximum absolute atomic E-state index is 14.2. The maximum atomic E-state index is 14.2. The Morgan fingerprint density at radius 3 is 2.33 bits per heavy atom. The van der Waals surface area contributed by atoms with Crippen LogP contribution in [0.3, 0.4) is 0 Å². The van der Waals surface area contributed by atoms with Crippen molar-refractivity contribution in [2.45, 2.75) is 18.0 Å². The standard InChI is InChI=1S/C29H23ClN2O4/c1-35-22-14-9-19(10-15-22)25-26(27(33)20-7-12-21(30)13-8-20)32-23-6-4-3-5-18(23)11-16-24(32)29(25,17-31)28(34)36-2/h3-16,24-26H,1-2H3/t24-,25-,26+,29+/m0/s1. The quantitative estimate of drug-likeness (QED) is 0.351. The Labute approximate surface area is 214 Å². The first kappa shape index (κ1) is 23.7. The fraction of sp³-hybridized carbons (Fsp3) is 0.207. The van der Waals surface area contributed by atoms with Gasteiger partial charge in [0.05, 0.1) is 26.3 Å². The third-order valence-electron chi connectivity index (χ3n) is 7.13. The minimum Gasteiger partial charge on any atom is -0.497 e. The molecule has 1 saturated heterocycles. The van der Waals surface area contributed by atoms with Crippen molar-refractivity contribution in [3.05, 3.63) is 101 Å². The van der Waals surface area contributed by atoms with Crippen LogP contribution in [-0.2, 0) is 9.53 Å². The Kier molecular flexibility index (Phi) is 6.03. The number of Topliss-reactive ketones (excluding diaryl/α,β-unsaturated/α-hetero) is 1. The first-order valence-corrected chi connectivity index (χ1v) is 11.8. The average Bonchev–Trinajstić information content (AvgIpc) is 3.24. The second-order valence-corrected chi connectivity index (χ2v) is 9.25. The first-order chi connectivity index (χ1) is 17.5. The number of rotatable bonds is 5. The molecule has 2 aliphatic heterocycles. The molecule has 180 valence electrons. The molecule has 7 heteroatoms. The summed E-state index contributed by atoms with van der Waals surface area (Å²) < 4.78 is 10.6. The number of esters is 1. The third kappa shape index (κ3) is 3.47. The smallest absolute Gasteiger partial charge is 0.329 e. The molecule has 0 N–H and O–H groups in total. The van der Waals surface area contributed by atoms with Crippen LogP contribution in [0.25, 0.3) is 6.08 Å². The van der Waals surface area contributed by atoms with Crippen molar-refractivity contribution >= 4 is 35.1 Å². The summed E-state index contributed by atoms with van der Waals surface area (Å²) in [5, 5.41) is 11.2. The largest absolute Gasteiger partial charge is 0.497 e. The van der Waals surface area contributed by atoms with Crippen LogP contribution in [0.1, 0.15) is 27.4 Å². The van der Waals surface area contributed by atoms with Gasteiger partial charge in [0.1, 0.15) is 11.8 Å². The molecule has 4 atom stereocenters. The van der Waals surface area contributed by atoms with E-state index in [1.165, 1.54) is 7.11 Å². The van der Waals surface area contributed by atoms with Gasteiger partial charge in [0.15, 0.2) is 11.2 Å². The van der Waals surface area contributed by atoms with Gasteiger partial charge in [-0.3, -0.25) is 9.59 Å². The van der Waals surface area contributed by atoms with Gasteiger partial charge >= 0.3 is 5.97 Å². The van der Waals surface area contributed by atoms with Gasteiger partial charge in [-0.25, -0.2) is 0 Å². The van der Waals surface area contributed by atoms with Crippen LogP contribution in [0.5, 0.6) is 5.75 Å². The number of ether oxygens (including phenoxy) is 2. The van der Waals surface area contributed by atoms with Gasteiger partial charge in [-0.05, 0) is 53.6 Å². The molecule has 3 aromatic rings. The van der Waals surface area contributed by atoms with E-state index in [0.717, 1.165) is 11.3 Å². The number of carbonyl (C=O) groups excluding carboxylic acids is 2. The molecule has 3 aromatic carbocycles. The molecule has 0 aliphatic carbocycles. The number of hydrogen-bond acceptors (Lipinski definition) is 6. The second kappa shape index (κ2) is 9.18. The fourth-order valence-corrected chi connectivity index (χ4v) is 5.63. The summed E-state index contributed by atoms with van der Waals surface area (Å²) >= 11 is 6.09. The second-order valence-electron chi connectivity index (χ2n) is 8.81. The highest BCUT2D eigenvalue weighted by atomic mass is 35.5. The predicted molar refractivity (Wildman–Crippen MR) is 137 cm³/mol. The highest BCUT2D eigenvalue weighted by Gasteiger charge is 2.67. The fourth-order valence-electron chi connectivity index (χ4n) is 5.51. The highest BCUT2D eigenvalue weighted by molar-refractivity contribution is 6.30. The van der Waals surface area contributed by atoms with E-state index in [0.29, 0.717) is 21.9 Å². The number of carbonyl (C=O) groups is 2. The molecule has 5 rings (SSSR count). The van der Waals surface area contributed by atoms with E-state index >= 15 is 0 Å². The molecule has 0 saturated carbocycles. The van der Waals surface area contributed by atoms with Crippen molar-refractivity contribution in [2.24, 2.45) is 5.41 Å². The number of halogens is 1. The van der Waals surface area contributed by atoms with Crippen LogP contribution in [-0.4, -0.2) is 38.1 Å². The number of para-hydroxylation sites is 1. The molecule has 6 nitrogen and oxygen atoms in total. The van der Waals surface area contributed by atoms with Gasteiger partial charge in [0.2, 0.25) is 0 Å². The Bertz CT molecular complexity index is 1390. The summed E-state index contributed by atoms with van der Waals surface area (Å²) in [5.74, 6) is -1.11. The SMILES string of the molecule is COC(=O)[C@]1(C#N)[C@@H]2C=Cc3ccccc3N2[C@@H](C(=O)c2ccc(Cl)cc2)[C@@H]1c1ccc(OC)cc1. The van der Waals surface area contributed by atoms with Crippen molar-refractivity contribution in [3.63, 3.8) is 0 Å². The molecule has 0 unspecified atom stereocenters. The van der Waals surface area contributed by atoms with Crippen molar-refractivity contribution in [1.29, 1.82) is 5.26 Å². The van der Waals surface area contributed by atoms with Crippen LogP contribution in [0, 0.1) is 16.7 Å². The van der Waals surface area contributed by atoms with Gasteiger partial charge in [0.25, 0.3) is 0 Å². The summed E-state index contributed by atoms with van der Waals surface area (Å²) in [7, 11) is 2.83. The molecular weight excluding hydrogens is 476 g/mol. The lowest BCUT2D eigenvalue weighted by molar-refractivity contribution is -0.150. The molecule has 2 aliphatic rings. The van der Waals surface area contributed by atoms with E-state index in [4.69, 9.17) is 21.1 Å². The molecular formula is C29H23ClN2O4. The predicted octanol–water partition coefficient (Wildman–Crippen LogP) is 5.28. The molecule has 2 heterocycles. The maximum Gasteiger partial charge on any atom is 0.329 e. The van der Waals surface area contributed by atoms with Crippen LogP contribution in [0.4, 0.5) is 5.69 Å². The first-order valence-electron chi connectivity index (χ1n) is 11.4. The number of nitriles is 1. The zero-order valence-electron chi connectivity index (χ0n) is 19.7. The van der Waals surface area contributed by atoms with E-state index in [1.54, 1.807) is 55.6 Å². The Morgan fingerprint density at radius 2 is 1.69 bits per heavy atom. The van der Waals surface area contributed by atoms with Crippen LogP contribution < -0.4 is 9.64 Å². The van der Waals surface area contributed by atoms with Gasteiger partial charge in [-0.2, -0.15) is 5.26 Å². The van der Waals surface area contributed by atoms with Crippen molar-refractivity contribution in [3.8, 4) is 11.8 Å². The van der Waals surface area contributed by atoms with Crippen molar-refractivity contribution in [2.75, 3.05) is 19.1 Å². The zero-order valence-corrected chi connectivity index (χ0v) is 20.5. The lowest BCUT2D eigenvalue weighted by Crippen LogP contribution is -2.46. The molecule has 0 amide bonds. The Balaban J connectivity index is 1.79. The van der Waals surface area contributed by atoms with Crippen LogP contribution in [0.2, 0.25) is 5.02 Å². The zero-order chi connectivity index (χ0) is 25.4. The molecule has 0 spiro atoms. The lowest BCUT2D eigenvalue weighted by Gasteiger charge is -2.36. The molecule has 0 aromatic heterocycles. The molecule has 36 heavy (non-hydrogen) atoms. The summed E-state index contributed by atoms with van der Waals surface area (Å²) in [4.78, 5) is 29.7. The Morgan fingerprint density at radius 1 is 1.00 bits per heavy atom. The van der Waals surface area contributed by atoms with E-state index in [2.05, 4.69) is 6.07 Å².